The van der Waals surface area contributed by atoms with E-state index in [0.717, 1.165) is 16.8 Å². The zero-order valence-corrected chi connectivity index (χ0v) is 19.0. The summed E-state index contributed by atoms with van der Waals surface area (Å²) in [5.41, 5.74) is 9.10. The second-order valence-electron chi connectivity index (χ2n) is 7.14. The summed E-state index contributed by atoms with van der Waals surface area (Å²) >= 11 is 0. The number of carbonyl (C=O) groups excluding carboxylic acids is 2. The van der Waals surface area contributed by atoms with Crippen molar-refractivity contribution >= 4 is 23.9 Å². The number of aryl methyl sites for hydroxylation is 1. The Hall–Kier alpha value is -5.14. The maximum Gasteiger partial charge on any atom is 0.343 e. The number of rotatable bonds is 8. The van der Waals surface area contributed by atoms with Gasteiger partial charge in [0.15, 0.2) is 17.2 Å². The molecule has 0 bridgehead atoms. The fraction of sp³-hybridized carbons (Fsp3) is 0.136. The predicted octanol–water partition coefficient (Wildman–Crippen LogP) is 2.06. The van der Waals surface area contributed by atoms with Crippen molar-refractivity contribution in [2.75, 3.05) is 12.3 Å². The lowest BCUT2D eigenvalue weighted by atomic mass is 10.2. The molecule has 0 fully saturated rings. The topological polar surface area (TPSA) is 173 Å². The van der Waals surface area contributed by atoms with Crippen molar-refractivity contribution in [1.82, 2.24) is 30.7 Å². The Morgan fingerprint density at radius 2 is 1.97 bits per heavy atom. The van der Waals surface area contributed by atoms with Crippen LogP contribution in [0.4, 0.5) is 10.2 Å². The standard InChI is InChI=1S/C22H19FN8O5/c1-3-34-17-10-13(4-9-16(17)35-22(33)14-5-7-15(23)8-6-14)11-25-27-21(32)18-12(2)26-30-31(18)20-19(24)28-36-29-20/h4-11H,3H2,1-2H3,(H2,24,28)(H,27,32). The molecule has 3 N–H and O–H groups in total. The van der Waals surface area contributed by atoms with Crippen molar-refractivity contribution in [3.05, 3.63) is 70.8 Å². The number of nitrogens with zero attached hydrogens (tertiary/aromatic N) is 6. The summed E-state index contributed by atoms with van der Waals surface area (Å²) in [7, 11) is 0. The second-order valence-corrected chi connectivity index (χ2v) is 7.14. The largest absolute Gasteiger partial charge is 0.490 e. The maximum absolute atomic E-state index is 13.1. The zero-order chi connectivity index (χ0) is 25.7. The van der Waals surface area contributed by atoms with Crippen molar-refractivity contribution in [3.63, 3.8) is 0 Å². The van der Waals surface area contributed by atoms with Crippen LogP contribution in [-0.4, -0.2) is 50.0 Å². The molecule has 1 amide bonds. The molecule has 0 atom stereocenters. The van der Waals surface area contributed by atoms with Crippen LogP contribution in [0, 0.1) is 12.7 Å². The SMILES string of the molecule is CCOc1cc(C=NNC(=O)c2c(C)nnn2-c2nonc2N)ccc1OC(=O)c1ccc(F)cc1. The third kappa shape index (κ3) is 5.16. The van der Waals surface area contributed by atoms with E-state index in [1.165, 1.54) is 24.4 Å². The molecular formula is C22H19FN8O5. The van der Waals surface area contributed by atoms with Gasteiger partial charge in [-0.3, -0.25) is 4.79 Å². The quantitative estimate of drug-likeness (QED) is 0.160. The molecule has 2 aromatic carbocycles. The van der Waals surface area contributed by atoms with Crippen LogP contribution in [0.15, 0.2) is 52.2 Å². The van der Waals surface area contributed by atoms with Crippen molar-refractivity contribution in [1.29, 1.82) is 0 Å². The molecule has 13 nitrogen and oxygen atoms in total. The molecule has 0 radical (unpaired) electrons. The van der Waals surface area contributed by atoms with Gasteiger partial charge >= 0.3 is 5.97 Å². The Labute approximate surface area is 202 Å². The van der Waals surface area contributed by atoms with Crippen LogP contribution >= 0.6 is 0 Å². The van der Waals surface area contributed by atoms with Crippen LogP contribution in [0.1, 0.15) is 39.0 Å². The highest BCUT2D eigenvalue weighted by Gasteiger charge is 2.22. The first-order valence-electron chi connectivity index (χ1n) is 10.5. The number of halogens is 1. The summed E-state index contributed by atoms with van der Waals surface area (Å²) in [6.45, 7) is 3.64. The van der Waals surface area contributed by atoms with Gasteiger partial charge in [-0.05, 0) is 72.2 Å². The molecule has 4 aromatic rings. The summed E-state index contributed by atoms with van der Waals surface area (Å²) in [4.78, 5) is 25.1. The van der Waals surface area contributed by atoms with Gasteiger partial charge in [0.2, 0.25) is 11.6 Å². The molecule has 0 aliphatic rings. The van der Waals surface area contributed by atoms with Crippen molar-refractivity contribution in [3.8, 4) is 17.3 Å². The third-order valence-corrected chi connectivity index (χ3v) is 4.68. The van der Waals surface area contributed by atoms with Crippen molar-refractivity contribution in [2.45, 2.75) is 13.8 Å². The van der Waals surface area contributed by atoms with Gasteiger partial charge in [-0.2, -0.15) is 9.78 Å². The second kappa shape index (κ2) is 10.4. The molecule has 184 valence electrons. The van der Waals surface area contributed by atoms with Gasteiger partial charge in [-0.1, -0.05) is 5.21 Å². The van der Waals surface area contributed by atoms with Gasteiger partial charge < -0.3 is 15.2 Å². The molecule has 0 unspecified atom stereocenters. The molecule has 0 spiro atoms. The number of aromatic nitrogens is 5. The number of hydrogen-bond acceptors (Lipinski definition) is 11. The molecule has 0 saturated heterocycles. The number of ether oxygens (including phenoxy) is 2. The lowest BCUT2D eigenvalue weighted by Gasteiger charge is -2.11. The number of anilines is 1. The first-order valence-corrected chi connectivity index (χ1v) is 10.5. The Morgan fingerprint density at radius 3 is 2.67 bits per heavy atom. The number of benzene rings is 2. The fourth-order valence-electron chi connectivity index (χ4n) is 3.02. The maximum atomic E-state index is 13.1. The van der Waals surface area contributed by atoms with E-state index in [-0.39, 0.29) is 34.4 Å². The van der Waals surface area contributed by atoms with Crippen LogP contribution in [0.2, 0.25) is 0 Å². The molecule has 36 heavy (non-hydrogen) atoms. The van der Waals surface area contributed by atoms with Crippen LogP contribution in [0.25, 0.3) is 5.82 Å². The van der Waals surface area contributed by atoms with Gasteiger partial charge in [0, 0.05) is 0 Å². The first kappa shape index (κ1) is 24.0. The minimum atomic E-state index is -0.673. The van der Waals surface area contributed by atoms with E-state index in [1.54, 1.807) is 26.0 Å². The van der Waals surface area contributed by atoms with Gasteiger partial charge in [-0.25, -0.2) is 19.2 Å². The molecule has 0 aliphatic carbocycles. The average Bonchev–Trinajstić information content (AvgIpc) is 3.45. The van der Waals surface area contributed by atoms with E-state index in [9.17, 15) is 14.0 Å². The Morgan fingerprint density at radius 1 is 1.19 bits per heavy atom. The van der Waals surface area contributed by atoms with E-state index in [4.69, 9.17) is 15.2 Å². The Balaban J connectivity index is 1.48. The van der Waals surface area contributed by atoms with Crippen molar-refractivity contribution < 1.29 is 28.1 Å². The first-order chi connectivity index (χ1) is 17.4. The minimum Gasteiger partial charge on any atom is -0.490 e. The van der Waals surface area contributed by atoms with E-state index >= 15 is 0 Å². The number of carbonyl (C=O) groups is 2. The number of hydrogen-bond donors (Lipinski definition) is 2. The molecule has 0 saturated carbocycles. The van der Waals surface area contributed by atoms with Crippen LogP contribution in [0.5, 0.6) is 11.5 Å². The highest BCUT2D eigenvalue weighted by atomic mass is 19.1. The third-order valence-electron chi connectivity index (χ3n) is 4.68. The fourth-order valence-corrected chi connectivity index (χ4v) is 3.02. The molecule has 2 heterocycles. The number of hydrazone groups is 1. The lowest BCUT2D eigenvalue weighted by Crippen LogP contribution is -2.22. The summed E-state index contributed by atoms with van der Waals surface area (Å²) in [5, 5.41) is 18.7. The summed E-state index contributed by atoms with van der Waals surface area (Å²) < 4.78 is 29.7. The molecule has 0 aliphatic heterocycles. The van der Waals surface area contributed by atoms with E-state index in [2.05, 4.69) is 35.8 Å². The molecule has 4 rings (SSSR count). The Bertz CT molecular complexity index is 1430. The summed E-state index contributed by atoms with van der Waals surface area (Å²) in [5.74, 6) is -1.39. The molecular weight excluding hydrogens is 475 g/mol. The van der Waals surface area contributed by atoms with Crippen LogP contribution in [0.3, 0.4) is 0 Å². The highest BCUT2D eigenvalue weighted by molar-refractivity contribution is 5.95. The normalized spacial score (nSPS) is 11.0. The number of esters is 1. The van der Waals surface area contributed by atoms with Crippen LogP contribution in [-0.2, 0) is 0 Å². The van der Waals surface area contributed by atoms with Crippen molar-refractivity contribution in [2.24, 2.45) is 5.10 Å². The molecule has 14 heteroatoms. The average molecular weight is 494 g/mol. The van der Waals surface area contributed by atoms with Crippen LogP contribution < -0.4 is 20.6 Å². The van der Waals surface area contributed by atoms with E-state index in [0.29, 0.717) is 17.9 Å². The Kier molecular flexibility index (Phi) is 6.95. The van der Waals surface area contributed by atoms with Gasteiger partial charge in [-0.15, -0.1) is 5.10 Å². The smallest absolute Gasteiger partial charge is 0.343 e. The minimum absolute atomic E-state index is 0.0110. The zero-order valence-electron chi connectivity index (χ0n) is 19.0. The predicted molar refractivity (Wildman–Crippen MR) is 122 cm³/mol. The number of nitrogens with one attached hydrogen (secondary N) is 1. The number of nitrogens with two attached hydrogens (primary N) is 1. The van der Waals surface area contributed by atoms with E-state index < -0.39 is 17.7 Å². The van der Waals surface area contributed by atoms with Gasteiger partial charge in [0.1, 0.15) is 5.82 Å². The lowest BCUT2D eigenvalue weighted by molar-refractivity contribution is 0.0728. The van der Waals surface area contributed by atoms with Gasteiger partial charge in [0.05, 0.1) is 24.1 Å². The monoisotopic (exact) mass is 494 g/mol. The summed E-state index contributed by atoms with van der Waals surface area (Å²) in [6.07, 6.45) is 1.36. The molecule has 2 aromatic heterocycles. The summed E-state index contributed by atoms with van der Waals surface area (Å²) in [6, 6.07) is 9.65. The number of nitrogen functional groups attached to an aromatic ring is 1. The highest BCUT2D eigenvalue weighted by Crippen LogP contribution is 2.29. The number of amides is 1. The van der Waals surface area contributed by atoms with Gasteiger partial charge in [0.25, 0.3) is 5.91 Å². The van der Waals surface area contributed by atoms with E-state index in [1.807, 2.05) is 0 Å².